The van der Waals surface area contributed by atoms with Gasteiger partial charge >= 0.3 is 0 Å². The molecule has 2 heterocycles. The van der Waals surface area contributed by atoms with Gasteiger partial charge in [-0.15, -0.1) is 10.2 Å². The van der Waals surface area contributed by atoms with Gasteiger partial charge < -0.3 is 4.57 Å². The standard InChI is InChI=1S/C12H21ClN4S/c1-12(2,3)10-14-15-11(13)17(10)5-4-16-6-8-18-9-7-16/h4-9H2,1-3H3. The molecular formula is C12H21ClN4S. The second kappa shape index (κ2) is 5.80. The minimum Gasteiger partial charge on any atom is -0.300 e. The maximum atomic E-state index is 6.14. The second-order valence-electron chi connectivity index (χ2n) is 5.65. The Morgan fingerprint density at radius 1 is 1.17 bits per heavy atom. The lowest BCUT2D eigenvalue weighted by molar-refractivity contribution is 0.285. The van der Waals surface area contributed by atoms with Gasteiger partial charge in [0.2, 0.25) is 5.28 Å². The Hall–Kier alpha value is -0.260. The molecule has 18 heavy (non-hydrogen) atoms. The van der Waals surface area contributed by atoms with Crippen molar-refractivity contribution in [3.63, 3.8) is 0 Å². The summed E-state index contributed by atoms with van der Waals surface area (Å²) in [6.07, 6.45) is 0. The van der Waals surface area contributed by atoms with Crippen molar-refractivity contribution in [3.8, 4) is 0 Å². The molecule has 0 spiro atoms. The average molecular weight is 289 g/mol. The molecule has 6 heteroatoms. The third-order valence-corrected chi connectivity index (χ3v) is 4.34. The van der Waals surface area contributed by atoms with E-state index in [-0.39, 0.29) is 5.41 Å². The van der Waals surface area contributed by atoms with Gasteiger partial charge in [0.25, 0.3) is 0 Å². The topological polar surface area (TPSA) is 34.0 Å². The monoisotopic (exact) mass is 288 g/mol. The van der Waals surface area contributed by atoms with Crippen LogP contribution in [-0.4, -0.2) is 50.8 Å². The first-order valence-electron chi connectivity index (χ1n) is 6.38. The Labute approximate surface area is 118 Å². The fraction of sp³-hybridized carbons (Fsp3) is 0.833. The van der Waals surface area contributed by atoms with Crippen LogP contribution in [0, 0.1) is 0 Å². The van der Waals surface area contributed by atoms with Crippen molar-refractivity contribution in [1.29, 1.82) is 0 Å². The number of halogens is 1. The number of hydrogen-bond acceptors (Lipinski definition) is 4. The Morgan fingerprint density at radius 3 is 2.44 bits per heavy atom. The Kier molecular flexibility index (Phi) is 4.56. The smallest absolute Gasteiger partial charge is 0.225 e. The van der Waals surface area contributed by atoms with E-state index in [1.54, 1.807) is 0 Å². The first kappa shape index (κ1) is 14.2. The molecule has 0 amide bonds. The van der Waals surface area contributed by atoms with E-state index in [9.17, 15) is 0 Å². The molecule has 0 atom stereocenters. The van der Waals surface area contributed by atoms with Crippen LogP contribution in [0.2, 0.25) is 5.28 Å². The van der Waals surface area contributed by atoms with Crippen LogP contribution >= 0.6 is 23.4 Å². The average Bonchev–Trinajstić information content (AvgIpc) is 2.69. The van der Waals surface area contributed by atoms with Gasteiger partial charge in [-0.05, 0) is 11.6 Å². The molecule has 0 saturated carbocycles. The summed E-state index contributed by atoms with van der Waals surface area (Å²) in [7, 11) is 0. The summed E-state index contributed by atoms with van der Waals surface area (Å²) >= 11 is 8.17. The zero-order valence-corrected chi connectivity index (χ0v) is 12.9. The maximum absolute atomic E-state index is 6.14. The molecule has 2 rings (SSSR count). The molecule has 1 aliphatic rings. The number of nitrogens with zero attached hydrogens (tertiary/aromatic N) is 4. The summed E-state index contributed by atoms with van der Waals surface area (Å²) < 4.78 is 2.04. The highest BCUT2D eigenvalue weighted by Gasteiger charge is 2.23. The fourth-order valence-corrected chi connectivity index (χ4v) is 3.28. The molecule has 0 aromatic carbocycles. The van der Waals surface area contributed by atoms with Gasteiger partial charge in [0.05, 0.1) is 0 Å². The zero-order chi connectivity index (χ0) is 13.2. The Balaban J connectivity index is 2.02. The summed E-state index contributed by atoms with van der Waals surface area (Å²) in [5, 5.41) is 8.72. The molecule has 4 nitrogen and oxygen atoms in total. The van der Waals surface area contributed by atoms with Crippen LogP contribution in [0.15, 0.2) is 0 Å². The summed E-state index contributed by atoms with van der Waals surface area (Å²) in [6.45, 7) is 10.7. The molecule has 1 saturated heterocycles. The SMILES string of the molecule is CC(C)(C)c1nnc(Cl)n1CCN1CCSCC1. The molecule has 1 fully saturated rings. The third-order valence-electron chi connectivity index (χ3n) is 3.12. The first-order chi connectivity index (χ1) is 8.48. The van der Waals surface area contributed by atoms with Gasteiger partial charge in [-0.3, -0.25) is 4.90 Å². The van der Waals surface area contributed by atoms with E-state index in [0.29, 0.717) is 5.28 Å². The van der Waals surface area contributed by atoms with Gasteiger partial charge in [0.1, 0.15) is 5.82 Å². The predicted octanol–water partition coefficient (Wildman–Crippen LogP) is 2.28. The fourth-order valence-electron chi connectivity index (χ4n) is 2.10. The number of thioether (sulfide) groups is 1. The van der Waals surface area contributed by atoms with Gasteiger partial charge in [0, 0.05) is 43.1 Å². The highest BCUT2D eigenvalue weighted by molar-refractivity contribution is 7.99. The molecule has 0 radical (unpaired) electrons. The van der Waals surface area contributed by atoms with E-state index in [1.807, 2.05) is 16.3 Å². The van der Waals surface area contributed by atoms with Crippen molar-refractivity contribution in [3.05, 3.63) is 11.1 Å². The molecule has 0 N–H and O–H groups in total. The normalized spacial score (nSPS) is 18.2. The summed E-state index contributed by atoms with van der Waals surface area (Å²) in [6, 6.07) is 0. The second-order valence-corrected chi connectivity index (χ2v) is 7.21. The van der Waals surface area contributed by atoms with Crippen LogP contribution in [0.3, 0.4) is 0 Å². The molecule has 1 aliphatic heterocycles. The largest absolute Gasteiger partial charge is 0.300 e. The van der Waals surface area contributed by atoms with E-state index in [1.165, 1.54) is 24.6 Å². The third kappa shape index (κ3) is 3.39. The number of hydrogen-bond donors (Lipinski definition) is 0. The van der Waals surface area contributed by atoms with Gasteiger partial charge in [0.15, 0.2) is 0 Å². The van der Waals surface area contributed by atoms with Crippen LogP contribution in [0.1, 0.15) is 26.6 Å². The van der Waals surface area contributed by atoms with Crippen molar-refractivity contribution < 1.29 is 0 Å². The summed E-state index contributed by atoms with van der Waals surface area (Å²) in [5.74, 6) is 3.45. The molecule has 102 valence electrons. The predicted molar refractivity (Wildman–Crippen MR) is 77.5 cm³/mol. The highest BCUT2D eigenvalue weighted by Crippen LogP contribution is 2.23. The lowest BCUT2D eigenvalue weighted by Gasteiger charge is -2.27. The van der Waals surface area contributed by atoms with E-state index in [2.05, 4.69) is 35.9 Å². The molecule has 1 aromatic heterocycles. The lowest BCUT2D eigenvalue weighted by Crippen LogP contribution is -2.35. The van der Waals surface area contributed by atoms with Crippen molar-refractivity contribution >= 4 is 23.4 Å². The van der Waals surface area contributed by atoms with Crippen LogP contribution in [-0.2, 0) is 12.0 Å². The maximum Gasteiger partial charge on any atom is 0.225 e. The molecular weight excluding hydrogens is 268 g/mol. The lowest BCUT2D eigenvalue weighted by atomic mass is 9.96. The van der Waals surface area contributed by atoms with Crippen molar-refractivity contribution in [2.45, 2.75) is 32.7 Å². The first-order valence-corrected chi connectivity index (χ1v) is 7.91. The summed E-state index contributed by atoms with van der Waals surface area (Å²) in [4.78, 5) is 2.49. The highest BCUT2D eigenvalue weighted by atomic mass is 35.5. The molecule has 1 aromatic rings. The molecule has 0 bridgehead atoms. The van der Waals surface area contributed by atoms with Crippen LogP contribution in [0.25, 0.3) is 0 Å². The summed E-state index contributed by atoms with van der Waals surface area (Å²) in [5.41, 5.74) is -0.0160. The molecule has 0 unspecified atom stereocenters. The van der Waals surface area contributed by atoms with E-state index >= 15 is 0 Å². The zero-order valence-electron chi connectivity index (χ0n) is 11.3. The minimum absolute atomic E-state index is 0.0160. The van der Waals surface area contributed by atoms with Crippen molar-refractivity contribution in [2.24, 2.45) is 0 Å². The van der Waals surface area contributed by atoms with Gasteiger partial charge in [-0.1, -0.05) is 20.8 Å². The Morgan fingerprint density at radius 2 is 1.83 bits per heavy atom. The van der Waals surface area contributed by atoms with Crippen molar-refractivity contribution in [2.75, 3.05) is 31.1 Å². The van der Waals surface area contributed by atoms with Gasteiger partial charge in [-0.2, -0.15) is 11.8 Å². The quantitative estimate of drug-likeness (QED) is 0.854. The number of rotatable bonds is 3. The van der Waals surface area contributed by atoms with E-state index in [4.69, 9.17) is 11.6 Å². The van der Waals surface area contributed by atoms with E-state index < -0.39 is 0 Å². The van der Waals surface area contributed by atoms with Crippen LogP contribution < -0.4 is 0 Å². The van der Waals surface area contributed by atoms with Crippen LogP contribution in [0.5, 0.6) is 0 Å². The number of aromatic nitrogens is 3. The van der Waals surface area contributed by atoms with E-state index in [0.717, 1.165) is 18.9 Å². The van der Waals surface area contributed by atoms with Crippen LogP contribution in [0.4, 0.5) is 0 Å². The minimum atomic E-state index is -0.0160. The van der Waals surface area contributed by atoms with Crippen molar-refractivity contribution in [1.82, 2.24) is 19.7 Å². The molecule has 0 aliphatic carbocycles. The van der Waals surface area contributed by atoms with Gasteiger partial charge in [-0.25, -0.2) is 0 Å². The Bertz CT molecular complexity index is 393.